The van der Waals surface area contributed by atoms with Gasteiger partial charge in [-0.1, -0.05) is 6.07 Å². The van der Waals surface area contributed by atoms with E-state index in [2.05, 4.69) is 17.0 Å². The quantitative estimate of drug-likeness (QED) is 0.943. The molecule has 5 heteroatoms. The van der Waals surface area contributed by atoms with Gasteiger partial charge in [-0.15, -0.1) is 0 Å². The Kier molecular flexibility index (Phi) is 4.18. The highest BCUT2D eigenvalue weighted by Gasteiger charge is 2.19. The molecule has 3 rings (SSSR count). The SMILES string of the molecule is COC1CCN(Cc2ccc3c(c2)cc(C(=O)O)n3C)CC1. The first kappa shape index (κ1) is 15.1. The Balaban J connectivity index is 1.76. The van der Waals surface area contributed by atoms with E-state index in [1.165, 1.54) is 5.56 Å². The van der Waals surface area contributed by atoms with Crippen LogP contribution in [0.1, 0.15) is 28.9 Å². The lowest BCUT2D eigenvalue weighted by Crippen LogP contribution is -2.36. The number of aromatic nitrogens is 1. The van der Waals surface area contributed by atoms with Crippen LogP contribution in [0.2, 0.25) is 0 Å². The maximum atomic E-state index is 11.2. The van der Waals surface area contributed by atoms with Crippen LogP contribution in [0.25, 0.3) is 10.9 Å². The number of benzene rings is 1. The molecule has 1 aliphatic heterocycles. The number of fused-ring (bicyclic) bond motifs is 1. The Hall–Kier alpha value is -1.85. The van der Waals surface area contributed by atoms with Crippen LogP contribution in [-0.2, 0) is 18.3 Å². The summed E-state index contributed by atoms with van der Waals surface area (Å²) in [6, 6.07) is 7.96. The third-order valence-electron chi connectivity index (χ3n) is 4.60. The van der Waals surface area contributed by atoms with E-state index in [4.69, 9.17) is 4.74 Å². The molecule has 1 aromatic carbocycles. The molecule has 0 saturated carbocycles. The summed E-state index contributed by atoms with van der Waals surface area (Å²) in [6.07, 6.45) is 2.55. The highest BCUT2D eigenvalue weighted by Crippen LogP contribution is 2.22. The van der Waals surface area contributed by atoms with Crippen molar-refractivity contribution in [1.29, 1.82) is 0 Å². The Bertz CT molecular complexity index is 685. The van der Waals surface area contributed by atoms with Crippen LogP contribution < -0.4 is 0 Å². The van der Waals surface area contributed by atoms with Gasteiger partial charge in [0.25, 0.3) is 0 Å². The van der Waals surface area contributed by atoms with E-state index in [-0.39, 0.29) is 0 Å². The molecule has 5 nitrogen and oxygen atoms in total. The van der Waals surface area contributed by atoms with Gasteiger partial charge in [-0.05, 0) is 36.6 Å². The number of piperidine rings is 1. The second-order valence-corrected chi connectivity index (χ2v) is 6.00. The third-order valence-corrected chi connectivity index (χ3v) is 4.60. The van der Waals surface area contributed by atoms with Gasteiger partial charge in [0.05, 0.1) is 6.10 Å². The van der Waals surface area contributed by atoms with Crippen molar-refractivity contribution in [3.8, 4) is 0 Å². The zero-order valence-corrected chi connectivity index (χ0v) is 13.1. The molecule has 0 bridgehead atoms. The van der Waals surface area contributed by atoms with E-state index in [0.717, 1.165) is 43.4 Å². The van der Waals surface area contributed by atoms with Crippen LogP contribution in [0.3, 0.4) is 0 Å². The van der Waals surface area contributed by atoms with Crippen LogP contribution in [-0.4, -0.2) is 46.8 Å². The van der Waals surface area contributed by atoms with Crippen LogP contribution in [0.15, 0.2) is 24.3 Å². The number of ether oxygens (including phenoxy) is 1. The number of likely N-dealkylation sites (tertiary alicyclic amines) is 1. The summed E-state index contributed by atoms with van der Waals surface area (Å²) in [5.41, 5.74) is 2.51. The molecular formula is C17H22N2O3. The number of aryl methyl sites for hydroxylation is 1. The lowest BCUT2D eigenvalue weighted by atomic mass is 10.1. The van der Waals surface area contributed by atoms with Crippen molar-refractivity contribution in [2.75, 3.05) is 20.2 Å². The number of carboxylic acids is 1. The lowest BCUT2D eigenvalue weighted by molar-refractivity contribution is 0.0389. The third kappa shape index (κ3) is 2.87. The molecule has 1 aromatic heterocycles. The summed E-state index contributed by atoms with van der Waals surface area (Å²) in [4.78, 5) is 13.6. The minimum absolute atomic E-state index is 0.327. The number of methoxy groups -OCH3 is 1. The summed E-state index contributed by atoms with van der Waals surface area (Å²) >= 11 is 0. The zero-order valence-electron chi connectivity index (χ0n) is 13.1. The summed E-state index contributed by atoms with van der Waals surface area (Å²) in [6.45, 7) is 3.00. The van der Waals surface area contributed by atoms with Crippen molar-refractivity contribution in [1.82, 2.24) is 9.47 Å². The van der Waals surface area contributed by atoms with E-state index < -0.39 is 5.97 Å². The van der Waals surface area contributed by atoms with Gasteiger partial charge in [-0.2, -0.15) is 0 Å². The molecule has 1 saturated heterocycles. The molecular weight excluding hydrogens is 280 g/mol. The predicted molar refractivity (Wildman–Crippen MR) is 85.2 cm³/mol. The van der Waals surface area contributed by atoms with Crippen molar-refractivity contribution < 1.29 is 14.6 Å². The number of carbonyl (C=O) groups is 1. The molecule has 22 heavy (non-hydrogen) atoms. The van der Waals surface area contributed by atoms with Crippen LogP contribution in [0, 0.1) is 0 Å². The Morgan fingerprint density at radius 2 is 2.05 bits per heavy atom. The molecule has 0 amide bonds. The maximum absolute atomic E-state index is 11.2. The van der Waals surface area contributed by atoms with Gasteiger partial charge in [0.1, 0.15) is 5.69 Å². The molecule has 1 fully saturated rings. The molecule has 0 aliphatic carbocycles. The fraction of sp³-hybridized carbons (Fsp3) is 0.471. The highest BCUT2D eigenvalue weighted by atomic mass is 16.5. The number of nitrogens with zero attached hydrogens (tertiary/aromatic N) is 2. The number of aromatic carboxylic acids is 1. The molecule has 118 valence electrons. The monoisotopic (exact) mass is 302 g/mol. The van der Waals surface area contributed by atoms with Crippen LogP contribution in [0.5, 0.6) is 0 Å². The van der Waals surface area contributed by atoms with Crippen molar-refractivity contribution in [3.05, 3.63) is 35.5 Å². The lowest BCUT2D eigenvalue weighted by Gasteiger charge is -2.31. The first-order valence-corrected chi connectivity index (χ1v) is 7.65. The minimum Gasteiger partial charge on any atom is -0.477 e. The summed E-state index contributed by atoms with van der Waals surface area (Å²) in [5.74, 6) is -0.887. The van der Waals surface area contributed by atoms with E-state index in [1.807, 2.05) is 6.07 Å². The van der Waals surface area contributed by atoms with Gasteiger partial charge in [0.15, 0.2) is 0 Å². The van der Waals surface area contributed by atoms with Crippen molar-refractivity contribution in [2.45, 2.75) is 25.5 Å². The smallest absolute Gasteiger partial charge is 0.352 e. The first-order chi connectivity index (χ1) is 10.6. The summed E-state index contributed by atoms with van der Waals surface area (Å²) in [7, 11) is 3.57. The molecule has 0 unspecified atom stereocenters. The highest BCUT2D eigenvalue weighted by molar-refractivity contribution is 5.94. The Morgan fingerprint density at radius 1 is 1.32 bits per heavy atom. The fourth-order valence-corrected chi connectivity index (χ4v) is 3.26. The first-order valence-electron chi connectivity index (χ1n) is 7.65. The van der Waals surface area contributed by atoms with Gasteiger partial charge >= 0.3 is 5.97 Å². The van der Waals surface area contributed by atoms with Crippen LogP contribution >= 0.6 is 0 Å². The zero-order chi connectivity index (χ0) is 15.7. The predicted octanol–water partition coefficient (Wildman–Crippen LogP) is 2.49. The Morgan fingerprint density at radius 3 is 2.68 bits per heavy atom. The summed E-state index contributed by atoms with van der Waals surface area (Å²) in [5, 5.41) is 10.2. The molecule has 1 N–H and O–H groups in total. The molecule has 2 heterocycles. The van der Waals surface area contributed by atoms with Gasteiger partial charge < -0.3 is 14.4 Å². The summed E-state index contributed by atoms with van der Waals surface area (Å²) < 4.78 is 7.13. The minimum atomic E-state index is -0.887. The average molecular weight is 302 g/mol. The maximum Gasteiger partial charge on any atom is 0.352 e. The molecule has 0 spiro atoms. The van der Waals surface area contributed by atoms with Crippen molar-refractivity contribution in [3.63, 3.8) is 0 Å². The van der Waals surface area contributed by atoms with E-state index in [0.29, 0.717) is 11.8 Å². The van der Waals surface area contributed by atoms with Crippen molar-refractivity contribution >= 4 is 16.9 Å². The number of carboxylic acid groups (broad SMARTS) is 1. The topological polar surface area (TPSA) is 54.7 Å². The van der Waals surface area contributed by atoms with Crippen LogP contribution in [0.4, 0.5) is 0 Å². The van der Waals surface area contributed by atoms with Gasteiger partial charge in [-0.3, -0.25) is 4.90 Å². The average Bonchev–Trinajstić information content (AvgIpc) is 2.85. The molecule has 0 atom stereocenters. The van der Waals surface area contributed by atoms with E-state index in [9.17, 15) is 9.90 Å². The van der Waals surface area contributed by atoms with Crippen molar-refractivity contribution in [2.24, 2.45) is 7.05 Å². The molecule has 1 aliphatic rings. The second-order valence-electron chi connectivity index (χ2n) is 6.00. The van der Waals surface area contributed by atoms with Gasteiger partial charge in [0.2, 0.25) is 0 Å². The fourth-order valence-electron chi connectivity index (χ4n) is 3.26. The van der Waals surface area contributed by atoms with E-state index >= 15 is 0 Å². The number of rotatable bonds is 4. The molecule has 2 aromatic rings. The second kappa shape index (κ2) is 6.10. The number of hydrogen-bond donors (Lipinski definition) is 1. The standard InChI is InChI=1S/C17H22N2O3/c1-18-15-4-3-12(9-13(15)10-16(18)17(20)21)11-19-7-5-14(22-2)6-8-19/h3-4,9-10,14H,5-8,11H2,1-2H3,(H,20,21). The normalized spacial score (nSPS) is 17.2. The number of hydrogen-bond acceptors (Lipinski definition) is 3. The molecule has 0 radical (unpaired) electrons. The van der Waals surface area contributed by atoms with Gasteiger partial charge in [0, 0.05) is 44.7 Å². The van der Waals surface area contributed by atoms with E-state index in [1.54, 1.807) is 24.8 Å². The Labute approximate surface area is 130 Å². The largest absolute Gasteiger partial charge is 0.477 e. The van der Waals surface area contributed by atoms with Gasteiger partial charge in [-0.25, -0.2) is 4.79 Å².